The zero-order valence-electron chi connectivity index (χ0n) is 15.4. The average molecular weight is 392 g/mol. The van der Waals surface area contributed by atoms with Crippen molar-refractivity contribution in [1.82, 2.24) is 5.32 Å². The Labute approximate surface area is 162 Å². The molecular formula is C19H24N2O5S. The second-order valence-electron chi connectivity index (χ2n) is 5.63. The van der Waals surface area contributed by atoms with Gasteiger partial charge in [0.25, 0.3) is 5.91 Å². The topological polar surface area (TPSA) is 85.9 Å². The first-order valence-electron chi connectivity index (χ1n) is 8.54. The van der Waals surface area contributed by atoms with Gasteiger partial charge in [-0.1, -0.05) is 0 Å². The number of hydrogen-bond donors (Lipinski definition) is 2. The Bertz CT molecular complexity index is 734. The fourth-order valence-electron chi connectivity index (χ4n) is 2.27. The summed E-state index contributed by atoms with van der Waals surface area (Å²) in [5, 5.41) is 9.26. The first-order chi connectivity index (χ1) is 13.1. The second-order valence-corrected chi connectivity index (χ2v) is 6.41. The number of rotatable bonds is 11. The van der Waals surface area contributed by atoms with Crippen LogP contribution < -0.4 is 20.1 Å². The number of benzene rings is 1. The summed E-state index contributed by atoms with van der Waals surface area (Å²) in [4.78, 5) is 23.9. The van der Waals surface area contributed by atoms with Crippen molar-refractivity contribution in [3.8, 4) is 11.5 Å². The molecule has 0 saturated carbocycles. The minimum atomic E-state index is -0.132. The summed E-state index contributed by atoms with van der Waals surface area (Å²) in [7, 11) is 3.15. The van der Waals surface area contributed by atoms with Crippen LogP contribution in [0.2, 0.25) is 0 Å². The number of carbonyl (C=O) groups excluding carboxylic acids is 2. The molecule has 2 aromatic rings. The Kier molecular flexibility index (Phi) is 8.60. The molecule has 1 heterocycles. The number of ether oxygens (including phenoxy) is 3. The summed E-state index contributed by atoms with van der Waals surface area (Å²) in [5.41, 5.74) is 1.26. The predicted octanol–water partition coefficient (Wildman–Crippen LogP) is 2.93. The van der Waals surface area contributed by atoms with Crippen LogP contribution in [0.3, 0.4) is 0 Å². The van der Waals surface area contributed by atoms with Crippen LogP contribution in [0.25, 0.3) is 0 Å². The van der Waals surface area contributed by atoms with Crippen LogP contribution >= 0.6 is 11.3 Å². The minimum absolute atomic E-state index is 0.121. The molecule has 0 fully saturated rings. The zero-order valence-corrected chi connectivity index (χ0v) is 16.3. The van der Waals surface area contributed by atoms with Crippen molar-refractivity contribution in [2.75, 3.05) is 39.3 Å². The molecule has 2 N–H and O–H groups in total. The van der Waals surface area contributed by atoms with Gasteiger partial charge in [-0.25, -0.2) is 0 Å². The minimum Gasteiger partial charge on any atom is -0.493 e. The van der Waals surface area contributed by atoms with Gasteiger partial charge in [-0.2, -0.15) is 11.3 Å². The highest BCUT2D eigenvalue weighted by atomic mass is 32.1. The standard InChI is InChI=1S/C19H24N2O5S/c1-24-9-10-26-17-12-15(5-6-16(17)25-2)21-18(22)4-3-8-20-19(23)14-7-11-27-13-14/h5-7,11-13H,3-4,8-10H2,1-2H3,(H,20,23)(H,21,22). The third-order valence-electron chi connectivity index (χ3n) is 3.64. The molecule has 0 atom stereocenters. The van der Waals surface area contributed by atoms with Gasteiger partial charge in [0, 0.05) is 42.8 Å². The molecule has 1 aromatic carbocycles. The van der Waals surface area contributed by atoms with E-state index in [1.807, 2.05) is 5.38 Å². The smallest absolute Gasteiger partial charge is 0.252 e. The van der Waals surface area contributed by atoms with Gasteiger partial charge in [0.1, 0.15) is 6.61 Å². The monoisotopic (exact) mass is 392 g/mol. The van der Waals surface area contributed by atoms with Crippen LogP contribution in [0, 0.1) is 0 Å². The van der Waals surface area contributed by atoms with Crippen LogP contribution in [0.1, 0.15) is 23.2 Å². The first kappa shape index (κ1) is 20.7. The summed E-state index contributed by atoms with van der Waals surface area (Å²) in [6, 6.07) is 6.96. The fourth-order valence-corrected chi connectivity index (χ4v) is 2.91. The number of amides is 2. The van der Waals surface area contributed by atoms with E-state index in [1.54, 1.807) is 43.9 Å². The molecule has 0 spiro atoms. The Morgan fingerprint density at radius 2 is 1.96 bits per heavy atom. The van der Waals surface area contributed by atoms with Crippen molar-refractivity contribution in [1.29, 1.82) is 0 Å². The molecule has 0 saturated heterocycles. The summed E-state index contributed by atoms with van der Waals surface area (Å²) < 4.78 is 15.8. The Balaban J connectivity index is 1.77. The molecule has 0 aliphatic carbocycles. The van der Waals surface area contributed by atoms with E-state index in [9.17, 15) is 9.59 Å². The number of hydrogen-bond acceptors (Lipinski definition) is 6. The lowest BCUT2D eigenvalue weighted by atomic mass is 10.2. The predicted molar refractivity (Wildman–Crippen MR) is 105 cm³/mol. The van der Waals surface area contributed by atoms with Crippen LogP contribution in [-0.4, -0.2) is 45.8 Å². The molecule has 27 heavy (non-hydrogen) atoms. The molecule has 146 valence electrons. The largest absolute Gasteiger partial charge is 0.493 e. The molecule has 2 rings (SSSR count). The van der Waals surface area contributed by atoms with E-state index in [4.69, 9.17) is 14.2 Å². The van der Waals surface area contributed by atoms with Gasteiger partial charge in [0.05, 0.1) is 13.7 Å². The molecule has 8 heteroatoms. The van der Waals surface area contributed by atoms with Gasteiger partial charge < -0.3 is 24.8 Å². The maximum Gasteiger partial charge on any atom is 0.252 e. The van der Waals surface area contributed by atoms with Crippen molar-refractivity contribution < 1.29 is 23.8 Å². The third kappa shape index (κ3) is 6.92. The second kappa shape index (κ2) is 11.2. The highest BCUT2D eigenvalue weighted by molar-refractivity contribution is 7.08. The van der Waals surface area contributed by atoms with E-state index in [0.29, 0.717) is 55.4 Å². The van der Waals surface area contributed by atoms with Crippen molar-refractivity contribution >= 4 is 28.8 Å². The fraction of sp³-hybridized carbons (Fsp3) is 0.368. The number of methoxy groups -OCH3 is 2. The maximum atomic E-state index is 12.1. The Morgan fingerprint density at radius 3 is 2.67 bits per heavy atom. The van der Waals surface area contributed by atoms with Crippen LogP contribution in [0.4, 0.5) is 5.69 Å². The van der Waals surface area contributed by atoms with Gasteiger partial charge in [-0.05, 0) is 30.0 Å². The van der Waals surface area contributed by atoms with E-state index < -0.39 is 0 Å². The zero-order chi connectivity index (χ0) is 19.5. The van der Waals surface area contributed by atoms with Crippen LogP contribution in [0.5, 0.6) is 11.5 Å². The van der Waals surface area contributed by atoms with E-state index in [0.717, 1.165) is 0 Å². The normalized spacial score (nSPS) is 10.3. The lowest BCUT2D eigenvalue weighted by Gasteiger charge is -2.13. The third-order valence-corrected chi connectivity index (χ3v) is 4.33. The summed E-state index contributed by atoms with van der Waals surface area (Å²) >= 11 is 1.47. The van der Waals surface area contributed by atoms with Crippen molar-refractivity contribution in [2.24, 2.45) is 0 Å². The van der Waals surface area contributed by atoms with E-state index in [-0.39, 0.29) is 11.8 Å². The first-order valence-corrected chi connectivity index (χ1v) is 9.48. The number of carbonyl (C=O) groups is 2. The molecular weight excluding hydrogens is 368 g/mol. The maximum absolute atomic E-state index is 12.1. The lowest BCUT2D eigenvalue weighted by molar-refractivity contribution is -0.116. The molecule has 0 bridgehead atoms. The number of anilines is 1. The summed E-state index contributed by atoms with van der Waals surface area (Å²) in [6.07, 6.45) is 0.852. The van der Waals surface area contributed by atoms with E-state index in [1.165, 1.54) is 11.3 Å². The number of thiophene rings is 1. The molecule has 0 aliphatic heterocycles. The summed E-state index contributed by atoms with van der Waals surface area (Å²) in [5.74, 6) is 0.869. The Hall–Kier alpha value is -2.58. The molecule has 7 nitrogen and oxygen atoms in total. The van der Waals surface area contributed by atoms with E-state index >= 15 is 0 Å². The molecule has 0 aliphatic rings. The number of nitrogens with one attached hydrogen (secondary N) is 2. The molecule has 0 unspecified atom stereocenters. The van der Waals surface area contributed by atoms with Crippen LogP contribution in [0.15, 0.2) is 35.0 Å². The van der Waals surface area contributed by atoms with Gasteiger partial charge in [0.15, 0.2) is 11.5 Å². The van der Waals surface area contributed by atoms with Gasteiger partial charge in [0.2, 0.25) is 5.91 Å². The van der Waals surface area contributed by atoms with Gasteiger partial charge >= 0.3 is 0 Å². The van der Waals surface area contributed by atoms with Gasteiger partial charge in [-0.15, -0.1) is 0 Å². The highest BCUT2D eigenvalue weighted by Gasteiger charge is 2.09. The molecule has 2 amide bonds. The van der Waals surface area contributed by atoms with Gasteiger partial charge in [-0.3, -0.25) is 9.59 Å². The quantitative estimate of drug-likeness (QED) is 0.574. The van der Waals surface area contributed by atoms with Crippen molar-refractivity contribution in [3.05, 3.63) is 40.6 Å². The molecule has 1 aromatic heterocycles. The van der Waals surface area contributed by atoms with Crippen molar-refractivity contribution in [3.63, 3.8) is 0 Å². The van der Waals surface area contributed by atoms with Crippen LogP contribution in [-0.2, 0) is 9.53 Å². The molecule has 0 radical (unpaired) electrons. The van der Waals surface area contributed by atoms with Crippen molar-refractivity contribution in [2.45, 2.75) is 12.8 Å². The lowest BCUT2D eigenvalue weighted by Crippen LogP contribution is -2.25. The summed E-state index contributed by atoms with van der Waals surface area (Å²) in [6.45, 7) is 1.28. The SMILES string of the molecule is COCCOc1cc(NC(=O)CCCNC(=O)c2ccsc2)ccc1OC. The van der Waals surface area contributed by atoms with E-state index in [2.05, 4.69) is 10.6 Å². The Morgan fingerprint density at radius 1 is 1.11 bits per heavy atom. The average Bonchev–Trinajstić information content (AvgIpc) is 3.20. The highest BCUT2D eigenvalue weighted by Crippen LogP contribution is 2.30.